The molecule has 0 N–H and O–H groups in total. The van der Waals surface area contributed by atoms with Gasteiger partial charge in [0.2, 0.25) is 0 Å². The average molecular weight is 1160 g/mol. The fourth-order valence-electron chi connectivity index (χ4n) is 11.0. The molecule has 0 unspecified atom stereocenters. The van der Waals surface area contributed by atoms with E-state index >= 15 is 0 Å². The molecule has 0 spiro atoms. The Morgan fingerprint density at radius 2 is 0.436 bits per heavy atom. The largest absolute Gasteiger partial charge is 0.545 e. The fourth-order valence-corrected chi connectivity index (χ4v) is 23.3. The van der Waals surface area contributed by atoms with Crippen molar-refractivity contribution >= 4 is 48.1 Å². The molecule has 0 aliphatic heterocycles. The van der Waals surface area contributed by atoms with E-state index in [2.05, 4.69) is 55.4 Å². The van der Waals surface area contributed by atoms with Crippen LogP contribution in [0.1, 0.15) is 333 Å². The van der Waals surface area contributed by atoms with E-state index in [0.29, 0.717) is 0 Å². The van der Waals surface area contributed by atoms with Crippen LogP contribution >= 0.6 is 36.1 Å². The smallest absolute Gasteiger partial charge is 0.0715 e. The number of carboxylic acid groups (broad SMARTS) is 2. The highest BCUT2D eigenvalue weighted by Crippen LogP contribution is 2.62. The Kier molecular flexibility index (Phi) is 55.7. The summed E-state index contributed by atoms with van der Waals surface area (Å²) < 4.78 is 0. The van der Waals surface area contributed by atoms with Crippen LogP contribution in [0.15, 0.2) is 58.3 Å². The van der Waals surface area contributed by atoms with Gasteiger partial charge in [-0.25, -0.2) is 0 Å². The predicted molar refractivity (Wildman–Crippen MR) is 356 cm³/mol. The molecule has 454 valence electrons. The highest BCUT2D eigenvalue weighted by Gasteiger charge is 2.35. The van der Waals surface area contributed by atoms with E-state index in [9.17, 15) is 19.8 Å². The third kappa shape index (κ3) is 44.5. The Balaban J connectivity index is 0.00000116. The molecular formula is C70H128O4P2S2. The van der Waals surface area contributed by atoms with Gasteiger partial charge < -0.3 is 19.8 Å². The maximum Gasteiger partial charge on any atom is 0.0715 e. The van der Waals surface area contributed by atoms with Crippen molar-refractivity contribution in [3.63, 3.8) is 0 Å². The summed E-state index contributed by atoms with van der Waals surface area (Å²) >= 11 is 0. The molecule has 4 nitrogen and oxygen atoms in total. The fraction of sp³-hybridized carbons (Fsp3) is 0.800. The molecule has 0 radical (unpaired) electrons. The van der Waals surface area contributed by atoms with Gasteiger partial charge in [-0.2, -0.15) is 0 Å². The van der Waals surface area contributed by atoms with Crippen molar-refractivity contribution < 1.29 is 19.8 Å². The van der Waals surface area contributed by atoms with Crippen LogP contribution in [0.5, 0.6) is 0 Å². The summed E-state index contributed by atoms with van der Waals surface area (Å²) in [5.41, 5.74) is 0.273. The minimum absolute atomic E-state index is 0.137. The molecule has 8 heteroatoms. The predicted octanol–water partition coefficient (Wildman–Crippen LogP) is 23.0. The van der Waals surface area contributed by atoms with Gasteiger partial charge in [0.05, 0.1) is 61.2 Å². The highest BCUT2D eigenvalue weighted by molar-refractivity contribution is 8.76. The Hall–Kier alpha value is -1.06. The van der Waals surface area contributed by atoms with Crippen molar-refractivity contribution in [2.45, 2.75) is 322 Å². The van der Waals surface area contributed by atoms with Gasteiger partial charge in [0, 0.05) is 24.3 Å². The molecule has 2 aromatic rings. The molecule has 78 heavy (non-hydrogen) atoms. The third-order valence-corrected chi connectivity index (χ3v) is 28.8. The van der Waals surface area contributed by atoms with Crippen LogP contribution in [0.2, 0.25) is 0 Å². The Morgan fingerprint density at radius 3 is 0.615 bits per heavy atom. The summed E-state index contributed by atoms with van der Waals surface area (Å²) in [6, 6.07) is 12.7. The van der Waals surface area contributed by atoms with Crippen LogP contribution in [0.4, 0.5) is 0 Å². The summed E-state index contributed by atoms with van der Waals surface area (Å²) in [6.45, 7) is 19.0. The number of aromatic carboxylic acids is 2. The average Bonchev–Trinajstić information content (AvgIpc) is 3.45. The molecule has 0 aliphatic rings. The zero-order chi connectivity index (χ0) is 57.5. The number of hydrogen-bond acceptors (Lipinski definition) is 6. The molecule has 0 saturated heterocycles. The molecule has 0 atom stereocenters. The summed E-state index contributed by atoms with van der Waals surface area (Å²) in [5, 5.41) is 21.2. The summed E-state index contributed by atoms with van der Waals surface area (Å²) in [4.78, 5) is 23.0. The number of carbonyl (C=O) groups excluding carboxylic acids is 2. The Bertz CT molecular complexity index is 1430. The summed E-state index contributed by atoms with van der Waals surface area (Å²) in [5.74, 6) is -2.40. The van der Waals surface area contributed by atoms with E-state index in [4.69, 9.17) is 0 Å². The lowest BCUT2D eigenvalue weighted by molar-refractivity contribution is -0.256. The van der Waals surface area contributed by atoms with Crippen molar-refractivity contribution in [1.29, 1.82) is 0 Å². The van der Waals surface area contributed by atoms with Crippen molar-refractivity contribution in [2.24, 2.45) is 0 Å². The lowest BCUT2D eigenvalue weighted by Crippen LogP contribution is -2.21. The van der Waals surface area contributed by atoms with Crippen molar-refractivity contribution in [3.8, 4) is 0 Å². The van der Waals surface area contributed by atoms with Crippen molar-refractivity contribution in [2.75, 3.05) is 49.3 Å². The number of carboxylic acids is 2. The molecule has 0 amide bonds. The minimum atomic E-state index is -1.20. The zero-order valence-electron chi connectivity index (χ0n) is 52.9. The molecule has 2 aromatic carbocycles. The third-order valence-electron chi connectivity index (χ3n) is 16.3. The van der Waals surface area contributed by atoms with Gasteiger partial charge in [-0.1, -0.05) is 294 Å². The van der Waals surface area contributed by atoms with Crippen LogP contribution < -0.4 is 10.2 Å². The van der Waals surface area contributed by atoms with E-state index in [-0.39, 0.29) is 11.1 Å². The number of carbonyl (C=O) groups is 2. The lowest BCUT2D eigenvalue weighted by Gasteiger charge is -2.28. The molecule has 0 bridgehead atoms. The van der Waals surface area contributed by atoms with Gasteiger partial charge >= 0.3 is 0 Å². The molecule has 2 rings (SSSR count). The van der Waals surface area contributed by atoms with E-state index in [1.165, 1.54) is 290 Å². The number of hydrogen-bond donors (Lipinski definition) is 0. The maximum atomic E-state index is 10.6. The van der Waals surface area contributed by atoms with Gasteiger partial charge in [-0.05, 0) is 99.6 Å². The number of unbranched alkanes of at least 4 members (excludes halogenated alkanes) is 32. The Labute approximate surface area is 495 Å². The molecular weight excluding hydrogens is 1030 g/mol. The van der Waals surface area contributed by atoms with Gasteiger partial charge in [-0.15, -0.1) is 0 Å². The van der Waals surface area contributed by atoms with Crippen molar-refractivity contribution in [3.05, 3.63) is 59.7 Å². The van der Waals surface area contributed by atoms with Crippen molar-refractivity contribution in [1.82, 2.24) is 0 Å². The van der Waals surface area contributed by atoms with E-state index in [1.807, 2.05) is 0 Å². The monoisotopic (exact) mass is 1160 g/mol. The van der Waals surface area contributed by atoms with Gasteiger partial charge in [0.15, 0.2) is 0 Å². The second-order valence-corrected chi connectivity index (χ2v) is 34.8. The maximum absolute atomic E-state index is 10.6. The van der Waals surface area contributed by atoms with Crippen LogP contribution in [0.25, 0.3) is 0 Å². The standard InChI is InChI=1S/2C28H60P.C14H10O4S2/c2*1-5-9-13-14-15-16-17-18-19-20-21-22-23-24-28-29(25-10-6-2,26-11-7-3)27-12-8-4;15-13(16)9-1-5-11(6-2-9)19-20-12-7-3-10(4-8-12)14(17)18/h2*5-28H2,1-4H3;1-8H,(H,15,16)(H,17,18)/q2*+1;/p-2. The molecule has 0 saturated carbocycles. The molecule has 0 aromatic heterocycles. The number of benzene rings is 2. The number of rotatable bonds is 53. The Morgan fingerprint density at radius 1 is 0.269 bits per heavy atom. The zero-order valence-corrected chi connectivity index (χ0v) is 56.3. The van der Waals surface area contributed by atoms with Gasteiger partial charge in [-0.3, -0.25) is 0 Å². The lowest BCUT2D eigenvalue weighted by atomic mass is 10.0. The van der Waals surface area contributed by atoms with Crippen LogP contribution in [-0.4, -0.2) is 61.2 Å². The topological polar surface area (TPSA) is 80.3 Å². The first-order chi connectivity index (χ1) is 38.0. The van der Waals surface area contributed by atoms with Crippen LogP contribution in [0.3, 0.4) is 0 Å². The first kappa shape index (κ1) is 76.9. The van der Waals surface area contributed by atoms with E-state index in [1.54, 1.807) is 86.4 Å². The van der Waals surface area contributed by atoms with Gasteiger partial charge in [0.25, 0.3) is 0 Å². The summed E-state index contributed by atoms with van der Waals surface area (Å²) in [6.07, 6.45) is 71.9. The van der Waals surface area contributed by atoms with Crippen LogP contribution in [0, 0.1) is 0 Å². The normalized spacial score (nSPS) is 11.5. The summed E-state index contributed by atoms with van der Waals surface area (Å²) in [7, 11) is 1.64. The first-order valence-electron chi connectivity index (χ1n) is 33.7. The first-order valence-corrected chi connectivity index (χ1v) is 40.9. The second-order valence-electron chi connectivity index (χ2n) is 23.6. The molecule has 0 aliphatic carbocycles. The van der Waals surface area contributed by atoms with Gasteiger partial charge in [0.1, 0.15) is 0 Å². The van der Waals surface area contributed by atoms with E-state index < -0.39 is 26.5 Å². The molecule has 0 heterocycles. The molecule has 0 fully saturated rings. The SMILES string of the molecule is CCCCCCCCCCCCCCCC[P+](CCCC)(CCCC)CCCC.CCCCCCCCCCCCCCCC[P+](CCCC)(CCCC)CCCC.O=C([O-])c1ccc(SSc2ccc(C(=O)[O-])cc2)cc1. The quantitative estimate of drug-likeness (QED) is 0.0373. The minimum Gasteiger partial charge on any atom is -0.545 e. The van der Waals surface area contributed by atoms with E-state index in [0.717, 1.165) is 9.79 Å². The highest BCUT2D eigenvalue weighted by atomic mass is 33.1. The second kappa shape index (κ2) is 56.4. The van der Waals surface area contributed by atoms with Crippen LogP contribution in [-0.2, 0) is 0 Å².